The summed E-state index contributed by atoms with van der Waals surface area (Å²) in [7, 11) is 0. The van der Waals surface area contributed by atoms with Gasteiger partial charge < -0.3 is 0 Å². The number of hydrogen-bond donors (Lipinski definition) is 0. The van der Waals surface area contributed by atoms with Gasteiger partial charge in [-0.2, -0.15) is 0 Å². The molecule has 1 fully saturated rings. The number of ketones is 2. The van der Waals surface area contributed by atoms with E-state index < -0.39 is 5.92 Å². The van der Waals surface area contributed by atoms with Crippen LogP contribution in [0.4, 0.5) is 0 Å². The predicted molar refractivity (Wildman–Crippen MR) is 134 cm³/mol. The number of nitrogens with zero attached hydrogens (tertiary/aromatic N) is 2. The number of unbranched alkanes of at least 4 members (excludes halogenated alkanes) is 5. The van der Waals surface area contributed by atoms with Crippen molar-refractivity contribution < 1.29 is 9.59 Å². The molecule has 2 aromatic rings. The molecule has 2 atom stereocenters. The number of carbonyl (C=O) groups is 2. The van der Waals surface area contributed by atoms with Crippen molar-refractivity contribution in [1.29, 1.82) is 0 Å². The molecule has 4 nitrogen and oxygen atoms in total. The molecule has 0 aliphatic heterocycles. The Kier molecular flexibility index (Phi) is 10.2. The highest BCUT2D eigenvalue weighted by molar-refractivity contribution is 6.03. The second-order valence-corrected chi connectivity index (χ2v) is 9.73. The summed E-state index contributed by atoms with van der Waals surface area (Å²) in [5.41, 5.74) is 3.09. The second kappa shape index (κ2) is 13.4. The average Bonchev–Trinajstić information content (AvgIpc) is 2.83. The van der Waals surface area contributed by atoms with Crippen molar-refractivity contribution in [3.63, 3.8) is 0 Å². The summed E-state index contributed by atoms with van der Waals surface area (Å²) >= 11 is 0. The van der Waals surface area contributed by atoms with Crippen molar-refractivity contribution in [2.75, 3.05) is 0 Å². The Bertz CT molecular complexity index is 873. The van der Waals surface area contributed by atoms with Crippen LogP contribution in [0.15, 0.2) is 36.7 Å². The Morgan fingerprint density at radius 2 is 1.58 bits per heavy atom. The van der Waals surface area contributed by atoms with Crippen molar-refractivity contribution in [3.05, 3.63) is 47.8 Å². The smallest absolute Gasteiger partial charge is 0.159 e. The van der Waals surface area contributed by atoms with Gasteiger partial charge in [-0.1, -0.05) is 83.1 Å². The van der Waals surface area contributed by atoms with E-state index in [9.17, 15) is 9.59 Å². The van der Waals surface area contributed by atoms with Crippen LogP contribution in [0.5, 0.6) is 0 Å². The van der Waals surface area contributed by atoms with Crippen molar-refractivity contribution in [1.82, 2.24) is 9.97 Å². The number of benzene rings is 1. The van der Waals surface area contributed by atoms with Gasteiger partial charge in [0, 0.05) is 30.8 Å². The maximum atomic E-state index is 12.8. The minimum Gasteiger partial charge on any atom is -0.299 e. The molecule has 33 heavy (non-hydrogen) atoms. The van der Waals surface area contributed by atoms with E-state index in [1.807, 2.05) is 36.7 Å². The van der Waals surface area contributed by atoms with Gasteiger partial charge >= 0.3 is 0 Å². The van der Waals surface area contributed by atoms with Gasteiger partial charge in [0.25, 0.3) is 0 Å². The first-order valence-corrected chi connectivity index (χ1v) is 13.1. The number of rotatable bonds is 13. The summed E-state index contributed by atoms with van der Waals surface area (Å²) in [6.45, 7) is 4.42. The number of aryl methyl sites for hydroxylation is 1. The lowest BCUT2D eigenvalue weighted by Gasteiger charge is -2.26. The standard InChI is InChI=1S/C29H40N2O2/c1-3-5-7-9-11-24-20-30-29(31-21-24)25-15-12-23(13-16-25)19-28(33)26-17-14-22(18-27(26)32)10-8-6-4-2/h12-13,15-16,20-22,26H,3-11,14,17-19H2,1-2H3. The van der Waals surface area contributed by atoms with Crippen molar-refractivity contribution in [2.45, 2.75) is 97.3 Å². The second-order valence-electron chi connectivity index (χ2n) is 9.73. The Balaban J connectivity index is 1.49. The van der Waals surface area contributed by atoms with E-state index in [1.54, 1.807) is 0 Å². The van der Waals surface area contributed by atoms with Crippen molar-refractivity contribution in [2.24, 2.45) is 11.8 Å². The monoisotopic (exact) mass is 448 g/mol. The highest BCUT2D eigenvalue weighted by Gasteiger charge is 2.32. The molecule has 0 N–H and O–H groups in total. The van der Waals surface area contributed by atoms with Crippen LogP contribution in [0.2, 0.25) is 0 Å². The third-order valence-corrected chi connectivity index (χ3v) is 6.96. The Morgan fingerprint density at radius 3 is 2.24 bits per heavy atom. The quantitative estimate of drug-likeness (QED) is 0.246. The van der Waals surface area contributed by atoms with Crippen molar-refractivity contribution in [3.8, 4) is 11.4 Å². The SMILES string of the molecule is CCCCCCc1cnc(-c2ccc(CC(=O)C3CCC(CCCCC)CC3=O)cc2)nc1. The Labute approximate surface area is 199 Å². The number of hydrogen-bond acceptors (Lipinski definition) is 4. The number of carbonyl (C=O) groups excluding carboxylic acids is 2. The first-order valence-electron chi connectivity index (χ1n) is 13.1. The van der Waals surface area contributed by atoms with Gasteiger partial charge in [-0.15, -0.1) is 0 Å². The van der Waals surface area contributed by atoms with E-state index >= 15 is 0 Å². The molecular formula is C29H40N2O2. The fraction of sp³-hybridized carbons (Fsp3) is 0.586. The van der Waals surface area contributed by atoms with Gasteiger partial charge in [-0.05, 0) is 42.7 Å². The lowest BCUT2D eigenvalue weighted by atomic mass is 9.76. The van der Waals surface area contributed by atoms with E-state index in [2.05, 4.69) is 23.8 Å². The minimum atomic E-state index is -0.402. The summed E-state index contributed by atoms with van der Waals surface area (Å²) in [6.07, 6.45) is 17.3. The maximum absolute atomic E-state index is 12.8. The van der Waals surface area contributed by atoms with E-state index in [4.69, 9.17) is 0 Å². The van der Waals surface area contributed by atoms with Gasteiger partial charge in [0.05, 0.1) is 5.92 Å². The molecule has 0 saturated heterocycles. The molecule has 0 amide bonds. The third-order valence-electron chi connectivity index (χ3n) is 6.96. The third kappa shape index (κ3) is 7.87. The molecular weight excluding hydrogens is 408 g/mol. The summed E-state index contributed by atoms with van der Waals surface area (Å²) in [5.74, 6) is 1.02. The Hall–Kier alpha value is -2.36. The molecule has 1 aliphatic rings. The zero-order chi connectivity index (χ0) is 23.5. The molecule has 178 valence electrons. The highest BCUT2D eigenvalue weighted by Crippen LogP contribution is 2.31. The zero-order valence-electron chi connectivity index (χ0n) is 20.5. The van der Waals surface area contributed by atoms with E-state index in [-0.39, 0.29) is 11.6 Å². The number of aromatic nitrogens is 2. The molecule has 2 unspecified atom stereocenters. The van der Waals surface area contributed by atoms with Crippen LogP contribution in [0.25, 0.3) is 11.4 Å². The van der Waals surface area contributed by atoms with E-state index in [0.29, 0.717) is 24.6 Å². The normalized spacial score (nSPS) is 18.4. The molecule has 4 heteroatoms. The first kappa shape index (κ1) is 25.3. The molecule has 1 heterocycles. The minimum absolute atomic E-state index is 0.0726. The summed E-state index contributed by atoms with van der Waals surface area (Å²) in [5, 5.41) is 0. The summed E-state index contributed by atoms with van der Waals surface area (Å²) in [6, 6.07) is 7.89. The van der Waals surface area contributed by atoms with Crippen LogP contribution in [0.1, 0.15) is 95.6 Å². The summed E-state index contributed by atoms with van der Waals surface area (Å²) < 4.78 is 0. The van der Waals surface area contributed by atoms with Crippen molar-refractivity contribution >= 4 is 11.6 Å². The van der Waals surface area contributed by atoms with Crippen LogP contribution in [0, 0.1) is 11.8 Å². The van der Waals surface area contributed by atoms with Crippen LogP contribution in [-0.2, 0) is 22.4 Å². The molecule has 0 bridgehead atoms. The molecule has 1 aliphatic carbocycles. The van der Waals surface area contributed by atoms with E-state index in [1.165, 1.54) is 50.5 Å². The molecule has 1 aromatic carbocycles. The molecule has 3 rings (SSSR count). The average molecular weight is 449 g/mol. The van der Waals surface area contributed by atoms with Crippen LogP contribution >= 0.6 is 0 Å². The fourth-order valence-electron chi connectivity index (χ4n) is 4.85. The fourth-order valence-corrected chi connectivity index (χ4v) is 4.85. The molecule has 0 radical (unpaired) electrons. The van der Waals surface area contributed by atoms with Crippen LogP contribution < -0.4 is 0 Å². The topological polar surface area (TPSA) is 59.9 Å². The lowest BCUT2D eigenvalue weighted by molar-refractivity contribution is -0.135. The van der Waals surface area contributed by atoms with Gasteiger partial charge in [0.1, 0.15) is 11.6 Å². The zero-order valence-corrected chi connectivity index (χ0v) is 20.5. The van der Waals surface area contributed by atoms with Crippen LogP contribution in [0.3, 0.4) is 0 Å². The Morgan fingerprint density at radius 1 is 0.879 bits per heavy atom. The van der Waals surface area contributed by atoms with E-state index in [0.717, 1.165) is 36.8 Å². The van der Waals surface area contributed by atoms with Gasteiger partial charge in [0.15, 0.2) is 5.82 Å². The predicted octanol–water partition coefficient (Wildman–Crippen LogP) is 6.94. The molecule has 1 saturated carbocycles. The largest absolute Gasteiger partial charge is 0.299 e. The molecule has 0 spiro atoms. The van der Waals surface area contributed by atoms with Gasteiger partial charge in [0.2, 0.25) is 0 Å². The maximum Gasteiger partial charge on any atom is 0.159 e. The summed E-state index contributed by atoms with van der Waals surface area (Å²) in [4.78, 5) is 34.5. The molecule has 1 aromatic heterocycles. The highest BCUT2D eigenvalue weighted by atomic mass is 16.1. The van der Waals surface area contributed by atoms with Crippen LogP contribution in [-0.4, -0.2) is 21.5 Å². The van der Waals surface area contributed by atoms with Gasteiger partial charge in [-0.3, -0.25) is 9.59 Å². The number of Topliss-reactive ketones (excluding diaryl/α,β-unsaturated/α-hetero) is 2. The first-order chi connectivity index (χ1) is 16.1. The van der Waals surface area contributed by atoms with Gasteiger partial charge in [-0.25, -0.2) is 9.97 Å². The lowest BCUT2D eigenvalue weighted by Crippen LogP contribution is -2.32.